The van der Waals surface area contributed by atoms with Gasteiger partial charge in [0.2, 0.25) is 0 Å². The molecule has 2 rings (SSSR count). The molecule has 0 aliphatic heterocycles. The van der Waals surface area contributed by atoms with Crippen LogP contribution in [0.25, 0.3) is 9.75 Å². The Bertz CT molecular complexity index is 488. The second kappa shape index (κ2) is 4.67. The average molecular weight is 253 g/mol. The van der Waals surface area contributed by atoms with Crippen LogP contribution in [0.1, 0.15) is 17.3 Å². The molecule has 16 heavy (non-hydrogen) atoms. The summed E-state index contributed by atoms with van der Waals surface area (Å²) >= 11 is 3.04. The zero-order chi connectivity index (χ0) is 11.5. The summed E-state index contributed by atoms with van der Waals surface area (Å²) in [5, 5.41) is 2.51. The molecule has 0 atom stereocenters. The number of esters is 1. The third-order valence-corrected chi connectivity index (χ3v) is 4.05. The second-order valence-electron chi connectivity index (χ2n) is 3.09. The van der Waals surface area contributed by atoms with Crippen LogP contribution in [0.2, 0.25) is 0 Å². The predicted molar refractivity (Wildman–Crippen MR) is 68.0 cm³/mol. The highest BCUT2D eigenvalue weighted by atomic mass is 32.1. The highest BCUT2D eigenvalue weighted by Gasteiger charge is 2.16. The lowest BCUT2D eigenvalue weighted by Gasteiger charge is -1.98. The fourth-order valence-electron chi connectivity index (χ4n) is 1.31. The fraction of sp³-hybridized carbons (Fsp3) is 0.182. The van der Waals surface area contributed by atoms with Crippen molar-refractivity contribution in [3.05, 3.63) is 29.1 Å². The first-order valence-corrected chi connectivity index (χ1v) is 6.52. The SMILES string of the molecule is CCOC(=O)c1cc(-c2cccs2)sc1N. The molecule has 0 amide bonds. The molecule has 0 aromatic carbocycles. The van der Waals surface area contributed by atoms with Crippen molar-refractivity contribution in [1.82, 2.24) is 0 Å². The van der Waals surface area contributed by atoms with Gasteiger partial charge >= 0.3 is 5.97 Å². The number of carbonyl (C=O) groups is 1. The van der Waals surface area contributed by atoms with Gasteiger partial charge in [-0.1, -0.05) is 6.07 Å². The van der Waals surface area contributed by atoms with E-state index in [2.05, 4.69) is 0 Å². The van der Waals surface area contributed by atoms with Gasteiger partial charge in [0.05, 0.1) is 12.2 Å². The largest absolute Gasteiger partial charge is 0.462 e. The molecule has 0 aliphatic carbocycles. The minimum absolute atomic E-state index is 0.348. The lowest BCUT2D eigenvalue weighted by atomic mass is 10.3. The van der Waals surface area contributed by atoms with Crippen molar-refractivity contribution in [2.45, 2.75) is 6.92 Å². The van der Waals surface area contributed by atoms with E-state index in [9.17, 15) is 4.79 Å². The van der Waals surface area contributed by atoms with E-state index in [1.807, 2.05) is 17.5 Å². The van der Waals surface area contributed by atoms with Gasteiger partial charge < -0.3 is 10.5 Å². The monoisotopic (exact) mass is 253 g/mol. The molecule has 2 N–H and O–H groups in total. The number of rotatable bonds is 3. The first kappa shape index (κ1) is 11.2. The molecule has 0 saturated carbocycles. The molecule has 0 spiro atoms. The lowest BCUT2D eigenvalue weighted by Crippen LogP contribution is -2.05. The van der Waals surface area contributed by atoms with E-state index in [4.69, 9.17) is 10.5 Å². The number of nitrogen functional groups attached to an aromatic ring is 1. The molecule has 0 bridgehead atoms. The molecule has 2 aromatic heterocycles. The molecule has 5 heteroatoms. The standard InChI is InChI=1S/C11H11NO2S2/c1-2-14-11(13)7-6-9(16-10(7)12)8-4-3-5-15-8/h3-6H,2,12H2,1H3. The minimum Gasteiger partial charge on any atom is -0.462 e. The molecule has 2 heterocycles. The zero-order valence-electron chi connectivity index (χ0n) is 8.73. The molecule has 0 saturated heterocycles. The maximum atomic E-state index is 11.6. The van der Waals surface area contributed by atoms with E-state index >= 15 is 0 Å². The molecule has 0 radical (unpaired) electrons. The number of hydrogen-bond acceptors (Lipinski definition) is 5. The quantitative estimate of drug-likeness (QED) is 0.854. The Morgan fingerprint density at radius 3 is 2.94 bits per heavy atom. The van der Waals surface area contributed by atoms with Gasteiger partial charge in [-0.05, 0) is 24.4 Å². The van der Waals surface area contributed by atoms with E-state index in [1.54, 1.807) is 24.3 Å². The van der Waals surface area contributed by atoms with Crippen molar-refractivity contribution in [1.29, 1.82) is 0 Å². The Balaban J connectivity index is 2.32. The Hall–Kier alpha value is -1.33. The van der Waals surface area contributed by atoms with Crippen LogP contribution in [0.3, 0.4) is 0 Å². The van der Waals surface area contributed by atoms with Gasteiger partial charge in [0, 0.05) is 9.75 Å². The van der Waals surface area contributed by atoms with Gasteiger partial charge in [-0.25, -0.2) is 4.79 Å². The lowest BCUT2D eigenvalue weighted by molar-refractivity contribution is 0.0528. The summed E-state index contributed by atoms with van der Waals surface area (Å²) in [7, 11) is 0. The average Bonchev–Trinajstić information content (AvgIpc) is 2.86. The summed E-state index contributed by atoms with van der Waals surface area (Å²) in [4.78, 5) is 13.7. The zero-order valence-corrected chi connectivity index (χ0v) is 10.4. The molecule has 0 aliphatic rings. The molecule has 2 aromatic rings. The van der Waals surface area contributed by atoms with Crippen LogP contribution < -0.4 is 5.73 Å². The summed E-state index contributed by atoms with van der Waals surface area (Å²) in [6.07, 6.45) is 0. The van der Waals surface area contributed by atoms with E-state index < -0.39 is 0 Å². The van der Waals surface area contributed by atoms with Crippen molar-refractivity contribution in [2.24, 2.45) is 0 Å². The van der Waals surface area contributed by atoms with Gasteiger partial charge in [0.1, 0.15) is 5.00 Å². The summed E-state index contributed by atoms with van der Waals surface area (Å²) in [6.45, 7) is 2.14. The third-order valence-electron chi connectivity index (χ3n) is 2.02. The van der Waals surface area contributed by atoms with E-state index in [-0.39, 0.29) is 5.97 Å². The molecular formula is C11H11NO2S2. The molecule has 0 unspecified atom stereocenters. The smallest absolute Gasteiger partial charge is 0.341 e. The van der Waals surface area contributed by atoms with E-state index in [0.717, 1.165) is 9.75 Å². The maximum absolute atomic E-state index is 11.6. The van der Waals surface area contributed by atoms with Crippen LogP contribution in [-0.4, -0.2) is 12.6 Å². The second-order valence-corrected chi connectivity index (χ2v) is 5.12. The van der Waals surface area contributed by atoms with Crippen molar-refractivity contribution in [2.75, 3.05) is 12.3 Å². The highest BCUT2D eigenvalue weighted by molar-refractivity contribution is 7.23. The van der Waals surface area contributed by atoms with E-state index in [0.29, 0.717) is 17.2 Å². The number of hydrogen-bond donors (Lipinski definition) is 1. The van der Waals surface area contributed by atoms with Gasteiger partial charge in [0.25, 0.3) is 0 Å². The number of nitrogens with two attached hydrogens (primary N) is 1. The maximum Gasteiger partial charge on any atom is 0.341 e. The fourth-order valence-corrected chi connectivity index (χ4v) is 3.05. The summed E-state index contributed by atoms with van der Waals surface area (Å²) in [6, 6.07) is 5.77. The highest BCUT2D eigenvalue weighted by Crippen LogP contribution is 2.36. The van der Waals surface area contributed by atoms with Crippen LogP contribution in [0.5, 0.6) is 0 Å². The molecule has 84 valence electrons. The minimum atomic E-state index is -0.348. The van der Waals surface area contributed by atoms with Gasteiger partial charge in [-0.15, -0.1) is 22.7 Å². The summed E-state index contributed by atoms with van der Waals surface area (Å²) in [5.74, 6) is -0.348. The van der Waals surface area contributed by atoms with Gasteiger partial charge in [-0.2, -0.15) is 0 Å². The van der Waals surface area contributed by atoms with Crippen LogP contribution in [0.15, 0.2) is 23.6 Å². The van der Waals surface area contributed by atoms with Gasteiger partial charge in [-0.3, -0.25) is 0 Å². The summed E-state index contributed by atoms with van der Waals surface area (Å²) < 4.78 is 4.93. The van der Waals surface area contributed by atoms with Crippen molar-refractivity contribution in [3.8, 4) is 9.75 Å². The first-order chi connectivity index (χ1) is 7.72. The van der Waals surface area contributed by atoms with Crippen LogP contribution in [0, 0.1) is 0 Å². The van der Waals surface area contributed by atoms with Gasteiger partial charge in [0.15, 0.2) is 0 Å². The van der Waals surface area contributed by atoms with Crippen molar-refractivity contribution < 1.29 is 9.53 Å². The summed E-state index contributed by atoms with van der Waals surface area (Å²) in [5.41, 5.74) is 6.27. The third kappa shape index (κ3) is 2.10. The van der Waals surface area contributed by atoms with Crippen LogP contribution in [0.4, 0.5) is 5.00 Å². The Morgan fingerprint density at radius 2 is 2.31 bits per heavy atom. The normalized spacial score (nSPS) is 10.3. The number of thiophene rings is 2. The Labute approximate surface area is 101 Å². The van der Waals surface area contributed by atoms with Crippen LogP contribution >= 0.6 is 22.7 Å². The first-order valence-electron chi connectivity index (χ1n) is 4.82. The molecule has 3 nitrogen and oxygen atoms in total. The number of carbonyl (C=O) groups excluding carboxylic acids is 1. The van der Waals surface area contributed by atoms with Crippen LogP contribution in [-0.2, 0) is 4.74 Å². The topological polar surface area (TPSA) is 52.3 Å². The molecular weight excluding hydrogens is 242 g/mol. The Morgan fingerprint density at radius 1 is 1.50 bits per heavy atom. The van der Waals surface area contributed by atoms with Crippen molar-refractivity contribution >= 4 is 33.6 Å². The molecule has 0 fully saturated rings. The predicted octanol–water partition coefficient (Wildman–Crippen LogP) is 3.24. The number of ether oxygens (including phenoxy) is 1. The van der Waals surface area contributed by atoms with E-state index in [1.165, 1.54) is 11.3 Å². The van der Waals surface area contributed by atoms with Crippen molar-refractivity contribution in [3.63, 3.8) is 0 Å². The Kier molecular flexibility index (Phi) is 3.26. The number of anilines is 1.